The second kappa shape index (κ2) is 7.46. The molecule has 0 spiro atoms. The van der Waals surface area contributed by atoms with Crippen LogP contribution < -0.4 is 4.90 Å². The summed E-state index contributed by atoms with van der Waals surface area (Å²) in [5, 5.41) is 9.84. The number of hydrogen-bond donors (Lipinski definition) is 1. The highest BCUT2D eigenvalue weighted by molar-refractivity contribution is 5.93. The first-order valence-corrected chi connectivity index (χ1v) is 8.94. The minimum absolute atomic E-state index is 0.184. The molecule has 5 heteroatoms. The number of hydrogen-bond acceptors (Lipinski definition) is 2. The fourth-order valence-electron chi connectivity index (χ4n) is 3.81. The molecule has 1 atom stereocenters. The van der Waals surface area contributed by atoms with Gasteiger partial charge in [0.05, 0.1) is 5.69 Å². The van der Waals surface area contributed by atoms with Crippen LogP contribution in [0.4, 0.5) is 14.9 Å². The van der Waals surface area contributed by atoms with Gasteiger partial charge in [0.25, 0.3) is 0 Å². The average Bonchev–Trinajstić information content (AvgIpc) is 2.96. The molecule has 2 aromatic rings. The number of carboxylic acid groups (broad SMARTS) is 1. The van der Waals surface area contributed by atoms with Crippen LogP contribution in [0.2, 0.25) is 0 Å². The number of aryl methyl sites for hydroxylation is 2. The Kier molecular flexibility index (Phi) is 5.28. The first-order valence-electron chi connectivity index (χ1n) is 8.94. The lowest BCUT2D eigenvalue weighted by atomic mass is 9.98. The number of amides is 1. The van der Waals surface area contributed by atoms with Crippen LogP contribution in [-0.4, -0.2) is 42.3 Å². The van der Waals surface area contributed by atoms with Crippen molar-refractivity contribution >= 4 is 11.8 Å². The molecule has 1 saturated heterocycles. The van der Waals surface area contributed by atoms with Gasteiger partial charge in [-0.2, -0.15) is 0 Å². The van der Waals surface area contributed by atoms with E-state index in [9.17, 15) is 14.3 Å². The molecule has 0 aliphatic carbocycles. The number of likely N-dealkylation sites (N-methyl/N-ethyl adjacent to an activating group) is 1. The van der Waals surface area contributed by atoms with E-state index in [4.69, 9.17) is 0 Å². The second-order valence-corrected chi connectivity index (χ2v) is 7.21. The predicted octanol–water partition coefficient (Wildman–Crippen LogP) is 4.69. The number of anilines is 1. The van der Waals surface area contributed by atoms with Crippen LogP contribution in [0.3, 0.4) is 0 Å². The van der Waals surface area contributed by atoms with E-state index in [0.717, 1.165) is 36.1 Å². The molecular weight excluding hydrogens is 331 g/mol. The summed E-state index contributed by atoms with van der Waals surface area (Å²) in [6.07, 6.45) is 1.03. The van der Waals surface area contributed by atoms with E-state index in [-0.39, 0.29) is 11.9 Å². The lowest BCUT2D eigenvalue weighted by Gasteiger charge is -2.28. The van der Waals surface area contributed by atoms with Gasteiger partial charge in [0.2, 0.25) is 0 Å². The Balaban J connectivity index is 2.05. The van der Waals surface area contributed by atoms with Crippen LogP contribution in [0, 0.1) is 19.7 Å². The van der Waals surface area contributed by atoms with E-state index >= 15 is 0 Å². The molecule has 1 N–H and O–H groups in total. The van der Waals surface area contributed by atoms with Gasteiger partial charge in [0, 0.05) is 18.2 Å². The standard InChI is InChI=1S/C21H25FN2O2/c1-14-9-15(2)11-16(10-14)19-12-17(22)6-7-20(19)24(21(25)26)13-18-5-4-8-23(18)3/h6-7,9-12,18H,4-5,8,13H2,1-3H3,(H,25,26). The van der Waals surface area contributed by atoms with Crippen LogP contribution >= 0.6 is 0 Å². The summed E-state index contributed by atoms with van der Waals surface area (Å²) in [7, 11) is 2.02. The van der Waals surface area contributed by atoms with Crippen molar-refractivity contribution in [2.24, 2.45) is 0 Å². The van der Waals surface area contributed by atoms with Gasteiger partial charge in [-0.1, -0.05) is 29.3 Å². The Labute approximate surface area is 153 Å². The van der Waals surface area contributed by atoms with Gasteiger partial charge in [-0.05, 0) is 64.0 Å². The molecule has 1 aliphatic heterocycles. The summed E-state index contributed by atoms with van der Waals surface area (Å²) in [6.45, 7) is 5.33. The molecule has 1 aliphatic rings. The van der Waals surface area contributed by atoms with Gasteiger partial charge in [-0.25, -0.2) is 9.18 Å². The monoisotopic (exact) mass is 356 g/mol. The Morgan fingerprint density at radius 2 is 1.92 bits per heavy atom. The molecule has 3 rings (SSSR count). The third kappa shape index (κ3) is 3.88. The normalized spacial score (nSPS) is 17.5. The molecule has 2 aromatic carbocycles. The number of nitrogens with zero attached hydrogens (tertiary/aromatic N) is 2. The van der Waals surface area contributed by atoms with Gasteiger partial charge < -0.3 is 10.0 Å². The fraction of sp³-hybridized carbons (Fsp3) is 0.381. The van der Waals surface area contributed by atoms with Crippen LogP contribution in [0.5, 0.6) is 0 Å². The number of halogens is 1. The Hall–Kier alpha value is -2.40. The lowest BCUT2D eigenvalue weighted by molar-refractivity contribution is 0.198. The van der Waals surface area contributed by atoms with Gasteiger partial charge in [-0.15, -0.1) is 0 Å². The van der Waals surface area contributed by atoms with Gasteiger partial charge in [-0.3, -0.25) is 4.90 Å². The lowest BCUT2D eigenvalue weighted by Crippen LogP contribution is -2.41. The van der Waals surface area contributed by atoms with E-state index in [1.807, 2.05) is 39.1 Å². The van der Waals surface area contributed by atoms with Gasteiger partial charge >= 0.3 is 6.09 Å². The number of likely N-dealkylation sites (tertiary alicyclic amines) is 1. The van der Waals surface area contributed by atoms with E-state index < -0.39 is 6.09 Å². The van der Waals surface area contributed by atoms with Gasteiger partial charge in [0.1, 0.15) is 5.82 Å². The van der Waals surface area contributed by atoms with Crippen molar-refractivity contribution in [3.05, 3.63) is 53.3 Å². The van der Waals surface area contributed by atoms with E-state index in [0.29, 0.717) is 17.8 Å². The summed E-state index contributed by atoms with van der Waals surface area (Å²) >= 11 is 0. The molecule has 1 heterocycles. The number of carbonyl (C=O) groups is 1. The second-order valence-electron chi connectivity index (χ2n) is 7.21. The van der Waals surface area contributed by atoms with E-state index in [1.54, 1.807) is 6.07 Å². The van der Waals surface area contributed by atoms with Gasteiger partial charge in [0.15, 0.2) is 0 Å². The fourth-order valence-corrected chi connectivity index (χ4v) is 3.81. The smallest absolute Gasteiger partial charge is 0.411 e. The average molecular weight is 356 g/mol. The summed E-state index contributed by atoms with van der Waals surface area (Å²) in [5.41, 5.74) is 4.10. The molecule has 0 radical (unpaired) electrons. The van der Waals surface area contributed by atoms with Crippen molar-refractivity contribution in [1.29, 1.82) is 0 Å². The largest absolute Gasteiger partial charge is 0.465 e. The predicted molar refractivity (Wildman–Crippen MR) is 102 cm³/mol. The molecule has 0 aromatic heterocycles. The maximum atomic E-state index is 14.0. The summed E-state index contributed by atoms with van der Waals surface area (Å²) in [4.78, 5) is 15.6. The maximum Gasteiger partial charge on any atom is 0.411 e. The molecule has 1 amide bonds. The first kappa shape index (κ1) is 18.4. The summed E-state index contributed by atoms with van der Waals surface area (Å²) in [6, 6.07) is 10.5. The summed E-state index contributed by atoms with van der Waals surface area (Å²) < 4.78 is 14.0. The molecule has 0 bridgehead atoms. The molecule has 138 valence electrons. The molecule has 26 heavy (non-hydrogen) atoms. The van der Waals surface area contributed by atoms with Crippen LogP contribution in [0.25, 0.3) is 11.1 Å². The van der Waals surface area contributed by atoms with Crippen molar-refractivity contribution in [2.45, 2.75) is 32.7 Å². The van der Waals surface area contributed by atoms with E-state index in [2.05, 4.69) is 4.90 Å². The first-order chi connectivity index (χ1) is 12.3. The summed E-state index contributed by atoms with van der Waals surface area (Å²) in [5.74, 6) is -0.369. The maximum absolute atomic E-state index is 14.0. The highest BCUT2D eigenvalue weighted by atomic mass is 19.1. The molecule has 0 saturated carbocycles. The van der Waals surface area contributed by atoms with Crippen molar-refractivity contribution in [1.82, 2.24) is 4.90 Å². The third-order valence-corrected chi connectivity index (χ3v) is 5.08. The highest BCUT2D eigenvalue weighted by Gasteiger charge is 2.28. The zero-order valence-electron chi connectivity index (χ0n) is 15.5. The quantitative estimate of drug-likeness (QED) is 0.864. The minimum Gasteiger partial charge on any atom is -0.465 e. The van der Waals surface area contributed by atoms with Crippen molar-refractivity contribution in [3.8, 4) is 11.1 Å². The SMILES string of the molecule is Cc1cc(C)cc(-c2cc(F)ccc2N(CC2CCCN2C)C(=O)O)c1. The molecule has 4 nitrogen and oxygen atoms in total. The molecule has 1 fully saturated rings. The van der Waals surface area contributed by atoms with Crippen molar-refractivity contribution in [3.63, 3.8) is 0 Å². The topological polar surface area (TPSA) is 43.8 Å². The van der Waals surface area contributed by atoms with Crippen LogP contribution in [0.15, 0.2) is 36.4 Å². The number of benzene rings is 2. The minimum atomic E-state index is -1.01. The Morgan fingerprint density at radius 1 is 1.23 bits per heavy atom. The zero-order valence-corrected chi connectivity index (χ0v) is 15.5. The van der Waals surface area contributed by atoms with E-state index in [1.165, 1.54) is 17.0 Å². The van der Waals surface area contributed by atoms with Crippen LogP contribution in [-0.2, 0) is 0 Å². The Morgan fingerprint density at radius 3 is 2.50 bits per heavy atom. The highest BCUT2D eigenvalue weighted by Crippen LogP contribution is 2.34. The van der Waals surface area contributed by atoms with Crippen molar-refractivity contribution < 1.29 is 14.3 Å². The van der Waals surface area contributed by atoms with Crippen molar-refractivity contribution in [2.75, 3.05) is 25.0 Å². The molecular formula is C21H25FN2O2. The third-order valence-electron chi connectivity index (χ3n) is 5.08. The Bertz CT molecular complexity index is 801. The molecule has 1 unspecified atom stereocenters. The zero-order chi connectivity index (χ0) is 18.8. The van der Waals surface area contributed by atoms with Crippen LogP contribution in [0.1, 0.15) is 24.0 Å². The number of rotatable bonds is 4.